The van der Waals surface area contributed by atoms with Crippen LogP contribution in [0.3, 0.4) is 0 Å². The first-order valence-electron chi connectivity index (χ1n) is 7.71. The van der Waals surface area contributed by atoms with Gasteiger partial charge in [-0.3, -0.25) is 9.59 Å². The van der Waals surface area contributed by atoms with Gasteiger partial charge < -0.3 is 15.0 Å². The summed E-state index contributed by atoms with van der Waals surface area (Å²) in [5.41, 5.74) is 0.950. The van der Waals surface area contributed by atoms with Gasteiger partial charge in [-0.25, -0.2) is 0 Å². The summed E-state index contributed by atoms with van der Waals surface area (Å²) in [5.74, 6) is 0.615. The smallest absolute Gasteiger partial charge is 0.242 e. The second-order valence-corrected chi connectivity index (χ2v) is 5.16. The molecule has 0 aliphatic rings. The Hall–Kier alpha value is -2.04. The van der Waals surface area contributed by atoms with Gasteiger partial charge in [0.25, 0.3) is 0 Å². The molecule has 5 heteroatoms. The summed E-state index contributed by atoms with van der Waals surface area (Å²) in [6.45, 7) is 4.28. The van der Waals surface area contributed by atoms with Gasteiger partial charge >= 0.3 is 0 Å². The van der Waals surface area contributed by atoms with Crippen molar-refractivity contribution in [2.24, 2.45) is 0 Å². The van der Waals surface area contributed by atoms with Crippen molar-refractivity contribution in [1.29, 1.82) is 0 Å². The molecule has 1 aromatic carbocycles. The molecule has 1 N–H and O–H groups in total. The third kappa shape index (κ3) is 4.76. The predicted octanol–water partition coefficient (Wildman–Crippen LogP) is 2.35. The topological polar surface area (TPSA) is 58.6 Å². The molecule has 1 atom stereocenters. The number of methoxy groups -OCH3 is 1. The maximum atomic E-state index is 12.4. The third-order valence-electron chi connectivity index (χ3n) is 3.58. The molecule has 0 heterocycles. The van der Waals surface area contributed by atoms with Gasteiger partial charge in [-0.05, 0) is 30.5 Å². The van der Waals surface area contributed by atoms with Crippen molar-refractivity contribution < 1.29 is 14.3 Å². The Labute approximate surface area is 132 Å². The lowest BCUT2D eigenvalue weighted by Gasteiger charge is -2.30. The number of rotatable bonds is 8. The predicted molar refractivity (Wildman–Crippen MR) is 86.6 cm³/mol. The number of carbonyl (C=O) groups is 2. The molecule has 0 bridgehead atoms. The fourth-order valence-corrected chi connectivity index (χ4v) is 2.41. The summed E-state index contributed by atoms with van der Waals surface area (Å²) >= 11 is 0. The quantitative estimate of drug-likeness (QED) is 0.802. The molecule has 0 saturated heterocycles. The normalized spacial score (nSPS) is 11.6. The number of hydrogen-bond acceptors (Lipinski definition) is 3. The number of hydrogen-bond donors (Lipinski definition) is 1. The Morgan fingerprint density at radius 1 is 1.32 bits per heavy atom. The zero-order valence-electron chi connectivity index (χ0n) is 13.9. The molecule has 22 heavy (non-hydrogen) atoms. The van der Waals surface area contributed by atoms with Gasteiger partial charge in [0, 0.05) is 20.0 Å². The molecule has 0 aromatic heterocycles. The fraction of sp³-hybridized carbons (Fsp3) is 0.529. The molecular formula is C17H26N2O3. The Bertz CT molecular complexity index is 502. The van der Waals surface area contributed by atoms with Crippen LogP contribution in [0, 0.1) is 0 Å². The second kappa shape index (κ2) is 9.07. The van der Waals surface area contributed by atoms with Crippen LogP contribution in [0.5, 0.6) is 5.75 Å². The van der Waals surface area contributed by atoms with Crippen LogP contribution in [0.4, 0.5) is 0 Å². The Morgan fingerprint density at radius 3 is 2.59 bits per heavy atom. The highest BCUT2D eigenvalue weighted by Crippen LogP contribution is 2.18. The van der Waals surface area contributed by atoms with Crippen LogP contribution < -0.4 is 10.1 Å². The summed E-state index contributed by atoms with van der Waals surface area (Å²) < 4.78 is 5.22. The van der Waals surface area contributed by atoms with E-state index in [1.54, 1.807) is 19.1 Å². The molecule has 0 spiro atoms. The number of benzene rings is 1. The van der Waals surface area contributed by atoms with E-state index in [2.05, 4.69) is 5.32 Å². The monoisotopic (exact) mass is 306 g/mol. The van der Waals surface area contributed by atoms with Gasteiger partial charge in [0.15, 0.2) is 0 Å². The number of nitrogens with zero attached hydrogens (tertiary/aromatic N) is 1. The van der Waals surface area contributed by atoms with E-state index in [4.69, 9.17) is 4.74 Å². The average molecular weight is 306 g/mol. The molecular weight excluding hydrogens is 280 g/mol. The molecule has 0 radical (unpaired) electrons. The number of ether oxygens (including phenoxy) is 1. The first-order chi connectivity index (χ1) is 10.6. The van der Waals surface area contributed by atoms with Crippen molar-refractivity contribution in [2.45, 2.75) is 45.7 Å². The number of amides is 2. The molecule has 0 fully saturated rings. The van der Waals surface area contributed by atoms with E-state index in [1.807, 2.05) is 38.1 Å². The average Bonchev–Trinajstić information content (AvgIpc) is 2.54. The zero-order valence-corrected chi connectivity index (χ0v) is 13.9. The maximum absolute atomic E-state index is 12.4. The molecule has 0 aliphatic carbocycles. The second-order valence-electron chi connectivity index (χ2n) is 5.16. The molecule has 0 unspecified atom stereocenters. The van der Waals surface area contributed by atoms with Gasteiger partial charge in [-0.1, -0.05) is 26.0 Å². The summed E-state index contributed by atoms with van der Waals surface area (Å²) in [6.07, 6.45) is 1.79. The summed E-state index contributed by atoms with van der Waals surface area (Å²) in [4.78, 5) is 26.2. The van der Waals surface area contributed by atoms with Crippen LogP contribution in [-0.4, -0.2) is 36.9 Å². The molecule has 1 rings (SSSR count). The van der Waals surface area contributed by atoms with Crippen molar-refractivity contribution in [3.63, 3.8) is 0 Å². The highest BCUT2D eigenvalue weighted by Gasteiger charge is 2.27. The van der Waals surface area contributed by atoms with E-state index >= 15 is 0 Å². The van der Waals surface area contributed by atoms with E-state index in [9.17, 15) is 9.59 Å². The number of likely N-dealkylation sites (N-methyl/N-ethyl adjacent to an activating group) is 1. The van der Waals surface area contributed by atoms with Crippen LogP contribution in [0.25, 0.3) is 0 Å². The molecule has 2 amide bonds. The Kier molecular flexibility index (Phi) is 7.43. The first-order valence-corrected chi connectivity index (χ1v) is 7.71. The summed E-state index contributed by atoms with van der Waals surface area (Å²) in [5, 5.41) is 2.64. The van der Waals surface area contributed by atoms with E-state index in [0.29, 0.717) is 19.4 Å². The minimum absolute atomic E-state index is 0.000713. The Balaban J connectivity index is 3.03. The van der Waals surface area contributed by atoms with Crippen LogP contribution in [0.1, 0.15) is 38.7 Å². The van der Waals surface area contributed by atoms with Gasteiger partial charge in [-0.15, -0.1) is 0 Å². The van der Waals surface area contributed by atoms with Crippen LogP contribution in [0.2, 0.25) is 0 Å². The van der Waals surface area contributed by atoms with Crippen LogP contribution in [-0.2, 0) is 16.1 Å². The van der Waals surface area contributed by atoms with Crippen molar-refractivity contribution in [3.8, 4) is 5.75 Å². The maximum Gasteiger partial charge on any atom is 0.242 e. The number of carbonyl (C=O) groups excluding carboxylic acids is 2. The SMILES string of the molecule is CCCC(=O)N(Cc1cccc(OC)c1)[C@H](CC)C(=O)NC. The van der Waals surface area contributed by atoms with Crippen LogP contribution in [0.15, 0.2) is 24.3 Å². The molecule has 122 valence electrons. The first kappa shape index (κ1) is 18.0. The van der Waals surface area contributed by atoms with Crippen molar-refractivity contribution in [2.75, 3.05) is 14.2 Å². The van der Waals surface area contributed by atoms with E-state index in [1.165, 1.54) is 0 Å². The minimum atomic E-state index is -0.449. The van der Waals surface area contributed by atoms with Gasteiger partial charge in [0.05, 0.1) is 7.11 Å². The number of nitrogens with one attached hydrogen (secondary N) is 1. The van der Waals surface area contributed by atoms with Crippen molar-refractivity contribution in [3.05, 3.63) is 29.8 Å². The fourth-order valence-electron chi connectivity index (χ4n) is 2.41. The van der Waals surface area contributed by atoms with Gasteiger partial charge in [0.2, 0.25) is 11.8 Å². The zero-order chi connectivity index (χ0) is 16.5. The lowest BCUT2D eigenvalue weighted by molar-refractivity contribution is -0.141. The van der Waals surface area contributed by atoms with E-state index in [0.717, 1.165) is 17.7 Å². The minimum Gasteiger partial charge on any atom is -0.497 e. The van der Waals surface area contributed by atoms with E-state index in [-0.39, 0.29) is 11.8 Å². The standard InChI is InChI=1S/C17H26N2O3/c1-5-8-16(20)19(15(6-2)17(21)18-3)12-13-9-7-10-14(11-13)22-4/h7,9-11,15H,5-6,8,12H2,1-4H3,(H,18,21)/t15-/m1/s1. The largest absolute Gasteiger partial charge is 0.497 e. The molecule has 0 saturated carbocycles. The van der Waals surface area contributed by atoms with Crippen LogP contribution >= 0.6 is 0 Å². The third-order valence-corrected chi connectivity index (χ3v) is 3.58. The lowest BCUT2D eigenvalue weighted by atomic mass is 10.1. The molecule has 1 aromatic rings. The lowest BCUT2D eigenvalue weighted by Crippen LogP contribution is -2.48. The summed E-state index contributed by atoms with van der Waals surface area (Å²) in [6, 6.07) is 7.12. The summed E-state index contributed by atoms with van der Waals surface area (Å²) in [7, 11) is 3.21. The van der Waals surface area contributed by atoms with E-state index < -0.39 is 6.04 Å². The molecule has 0 aliphatic heterocycles. The highest BCUT2D eigenvalue weighted by atomic mass is 16.5. The van der Waals surface area contributed by atoms with Gasteiger partial charge in [0.1, 0.15) is 11.8 Å². The van der Waals surface area contributed by atoms with Gasteiger partial charge in [-0.2, -0.15) is 0 Å². The Morgan fingerprint density at radius 2 is 2.05 bits per heavy atom. The van der Waals surface area contributed by atoms with Crippen molar-refractivity contribution in [1.82, 2.24) is 10.2 Å². The molecule has 5 nitrogen and oxygen atoms in total. The van der Waals surface area contributed by atoms with Crippen molar-refractivity contribution >= 4 is 11.8 Å². The highest BCUT2D eigenvalue weighted by molar-refractivity contribution is 5.87.